The van der Waals surface area contributed by atoms with E-state index in [1.165, 1.54) is 19.3 Å². The van der Waals surface area contributed by atoms with Crippen molar-refractivity contribution in [2.24, 2.45) is 35.3 Å². The van der Waals surface area contributed by atoms with E-state index in [0.717, 1.165) is 18.1 Å². The zero-order chi connectivity index (χ0) is 17.7. The first-order valence-corrected chi connectivity index (χ1v) is 10.5. The molecule has 140 valence electrons. The Bertz CT molecular complexity index is 406. The van der Waals surface area contributed by atoms with Crippen molar-refractivity contribution in [2.45, 2.75) is 70.2 Å². The summed E-state index contributed by atoms with van der Waals surface area (Å²) in [5.41, 5.74) is 5.51. The molecule has 24 heavy (non-hydrogen) atoms. The van der Waals surface area contributed by atoms with Crippen LogP contribution in [0.3, 0.4) is 0 Å². The molecule has 2 rings (SSSR count). The van der Waals surface area contributed by atoms with E-state index in [0.29, 0.717) is 29.4 Å². The molecule has 0 amide bonds. The Morgan fingerprint density at radius 2 is 1.96 bits per heavy atom. The van der Waals surface area contributed by atoms with E-state index in [2.05, 4.69) is 13.0 Å². The summed E-state index contributed by atoms with van der Waals surface area (Å²) in [6.45, 7) is 3.83. The SMILES string of the molecule is CCC(CCC(C)C1SCC(C/C=C/N)C1C1CCC1)C(F)(F)F. The lowest BCUT2D eigenvalue weighted by atomic mass is 9.67. The van der Waals surface area contributed by atoms with Crippen molar-refractivity contribution in [1.82, 2.24) is 0 Å². The lowest BCUT2D eigenvalue weighted by Gasteiger charge is -2.39. The van der Waals surface area contributed by atoms with Gasteiger partial charge in [-0.1, -0.05) is 39.2 Å². The maximum atomic E-state index is 13.0. The summed E-state index contributed by atoms with van der Waals surface area (Å²) >= 11 is 2.01. The van der Waals surface area contributed by atoms with Crippen molar-refractivity contribution >= 4 is 11.8 Å². The second kappa shape index (κ2) is 8.86. The monoisotopic (exact) mass is 363 g/mol. The van der Waals surface area contributed by atoms with Crippen LogP contribution in [0.1, 0.15) is 58.8 Å². The van der Waals surface area contributed by atoms with Crippen molar-refractivity contribution < 1.29 is 13.2 Å². The zero-order valence-corrected chi connectivity index (χ0v) is 15.7. The molecule has 0 aromatic rings. The molecular weight excluding hydrogens is 331 g/mol. The maximum absolute atomic E-state index is 13.0. The van der Waals surface area contributed by atoms with Gasteiger partial charge in [-0.25, -0.2) is 0 Å². The van der Waals surface area contributed by atoms with E-state index >= 15 is 0 Å². The van der Waals surface area contributed by atoms with Gasteiger partial charge in [0.25, 0.3) is 0 Å². The Morgan fingerprint density at radius 1 is 1.25 bits per heavy atom. The third-order valence-corrected chi connectivity index (χ3v) is 7.97. The molecule has 2 N–H and O–H groups in total. The molecule has 1 saturated carbocycles. The van der Waals surface area contributed by atoms with E-state index in [4.69, 9.17) is 5.73 Å². The Labute approximate surface area is 149 Å². The topological polar surface area (TPSA) is 26.0 Å². The molecule has 5 atom stereocenters. The van der Waals surface area contributed by atoms with Crippen LogP contribution in [0.15, 0.2) is 12.3 Å². The maximum Gasteiger partial charge on any atom is 0.391 e. The molecule has 0 spiro atoms. The fourth-order valence-corrected chi connectivity index (χ4v) is 6.41. The molecule has 1 nitrogen and oxygen atoms in total. The first kappa shape index (κ1) is 20.0. The molecule has 2 fully saturated rings. The lowest BCUT2D eigenvalue weighted by molar-refractivity contribution is -0.177. The summed E-state index contributed by atoms with van der Waals surface area (Å²) in [6, 6.07) is 0. The number of alkyl halides is 3. The van der Waals surface area contributed by atoms with Crippen LogP contribution >= 0.6 is 11.8 Å². The zero-order valence-electron chi connectivity index (χ0n) is 14.9. The average Bonchev–Trinajstić information content (AvgIpc) is 2.86. The van der Waals surface area contributed by atoms with Gasteiger partial charge in [0, 0.05) is 5.25 Å². The minimum absolute atomic E-state index is 0.198. The van der Waals surface area contributed by atoms with Crippen molar-refractivity contribution in [1.29, 1.82) is 0 Å². The summed E-state index contributed by atoms with van der Waals surface area (Å²) in [5.74, 6) is 2.47. The molecule has 0 radical (unpaired) electrons. The molecule has 1 heterocycles. The van der Waals surface area contributed by atoms with Crippen LogP contribution in [0.25, 0.3) is 0 Å². The molecule has 5 unspecified atom stereocenters. The van der Waals surface area contributed by atoms with Gasteiger partial charge < -0.3 is 5.73 Å². The average molecular weight is 364 g/mol. The summed E-state index contributed by atoms with van der Waals surface area (Å²) in [4.78, 5) is 0. The van der Waals surface area contributed by atoms with Crippen LogP contribution in [-0.2, 0) is 0 Å². The highest BCUT2D eigenvalue weighted by atomic mass is 32.2. The van der Waals surface area contributed by atoms with Crippen LogP contribution in [0.4, 0.5) is 13.2 Å². The van der Waals surface area contributed by atoms with Crippen molar-refractivity contribution in [3.63, 3.8) is 0 Å². The lowest BCUT2D eigenvalue weighted by Crippen LogP contribution is -2.35. The van der Waals surface area contributed by atoms with E-state index < -0.39 is 12.1 Å². The van der Waals surface area contributed by atoms with Crippen molar-refractivity contribution in [3.05, 3.63) is 12.3 Å². The van der Waals surface area contributed by atoms with Crippen LogP contribution in [0.5, 0.6) is 0 Å². The summed E-state index contributed by atoms with van der Waals surface area (Å²) < 4.78 is 39.0. The van der Waals surface area contributed by atoms with Gasteiger partial charge in [0.2, 0.25) is 0 Å². The molecular formula is C19H32F3NS. The number of halogens is 3. The molecule has 0 aromatic heterocycles. The highest BCUT2D eigenvalue weighted by molar-refractivity contribution is 8.00. The number of hydrogen-bond acceptors (Lipinski definition) is 2. The number of hydrogen-bond donors (Lipinski definition) is 1. The fraction of sp³-hybridized carbons (Fsp3) is 0.895. The van der Waals surface area contributed by atoms with Gasteiger partial charge in [-0.15, -0.1) is 0 Å². The van der Waals surface area contributed by atoms with Gasteiger partial charge in [-0.05, 0) is 61.3 Å². The van der Waals surface area contributed by atoms with Gasteiger partial charge >= 0.3 is 6.18 Å². The third-order valence-electron chi connectivity index (χ3n) is 6.18. The second-order valence-corrected chi connectivity index (χ2v) is 8.90. The Hall–Kier alpha value is -0.320. The minimum Gasteiger partial charge on any atom is -0.405 e. The molecule has 1 saturated heterocycles. The van der Waals surface area contributed by atoms with E-state index in [-0.39, 0.29) is 12.8 Å². The molecule has 1 aliphatic heterocycles. The van der Waals surface area contributed by atoms with E-state index in [1.54, 1.807) is 13.1 Å². The van der Waals surface area contributed by atoms with E-state index in [9.17, 15) is 13.2 Å². The van der Waals surface area contributed by atoms with Crippen LogP contribution < -0.4 is 5.73 Å². The first-order chi connectivity index (χ1) is 11.4. The highest BCUT2D eigenvalue weighted by Crippen LogP contribution is 2.52. The Kier molecular flexibility index (Phi) is 7.39. The van der Waals surface area contributed by atoms with Crippen LogP contribution in [-0.4, -0.2) is 17.2 Å². The van der Waals surface area contributed by atoms with Gasteiger partial charge in [0.15, 0.2) is 0 Å². The fourth-order valence-electron chi connectivity index (χ4n) is 4.45. The molecule has 0 aromatic carbocycles. The predicted octanol–water partition coefficient (Wildman–Crippen LogP) is 6.00. The minimum atomic E-state index is -4.04. The molecule has 2 aliphatic rings. The smallest absolute Gasteiger partial charge is 0.391 e. The molecule has 5 heteroatoms. The summed E-state index contributed by atoms with van der Waals surface area (Å²) in [7, 11) is 0. The van der Waals surface area contributed by atoms with Crippen LogP contribution in [0.2, 0.25) is 0 Å². The standard InChI is InChI=1S/C19H32F3NS/c1-3-16(19(20,21)22)10-9-13(2)18-17(14-6-4-7-14)15(12-24-18)8-5-11-23/h5,11,13-18H,3-4,6-10,12,23H2,1-2H3/b11-5+. The van der Waals surface area contributed by atoms with Gasteiger partial charge in [-0.2, -0.15) is 24.9 Å². The van der Waals surface area contributed by atoms with Crippen LogP contribution in [0, 0.1) is 29.6 Å². The second-order valence-electron chi connectivity index (χ2n) is 7.69. The Balaban J connectivity index is 1.95. The summed E-state index contributed by atoms with van der Waals surface area (Å²) in [6.07, 6.45) is 5.76. The third kappa shape index (κ3) is 4.86. The van der Waals surface area contributed by atoms with Gasteiger partial charge in [0.05, 0.1) is 5.92 Å². The largest absolute Gasteiger partial charge is 0.405 e. The van der Waals surface area contributed by atoms with E-state index in [1.807, 2.05) is 11.8 Å². The quantitative estimate of drug-likeness (QED) is 0.572. The van der Waals surface area contributed by atoms with Crippen molar-refractivity contribution in [3.8, 4) is 0 Å². The van der Waals surface area contributed by atoms with Crippen molar-refractivity contribution in [2.75, 3.05) is 5.75 Å². The summed E-state index contributed by atoms with van der Waals surface area (Å²) in [5, 5.41) is 0.525. The number of thioether (sulfide) groups is 1. The highest BCUT2D eigenvalue weighted by Gasteiger charge is 2.45. The predicted molar refractivity (Wildman–Crippen MR) is 96.7 cm³/mol. The number of nitrogens with two attached hydrogens (primary N) is 1. The van der Waals surface area contributed by atoms with Gasteiger partial charge in [-0.3, -0.25) is 0 Å². The first-order valence-electron chi connectivity index (χ1n) is 9.43. The Morgan fingerprint density at radius 3 is 2.46 bits per heavy atom. The number of allylic oxidation sites excluding steroid dienone is 1. The molecule has 1 aliphatic carbocycles. The molecule has 0 bridgehead atoms. The normalized spacial score (nSPS) is 31.3. The number of rotatable bonds is 8. The van der Waals surface area contributed by atoms with Gasteiger partial charge in [0.1, 0.15) is 0 Å².